The van der Waals surface area contributed by atoms with Crippen molar-refractivity contribution in [1.82, 2.24) is 0 Å². The van der Waals surface area contributed by atoms with Gasteiger partial charge in [0, 0.05) is 11.1 Å². The Balaban J connectivity index is 2.09. The van der Waals surface area contributed by atoms with E-state index in [1.54, 1.807) is 19.1 Å². The molecule has 5 heteroatoms. The molecular weight excluding hydrogens is 292 g/mol. The zero-order valence-corrected chi connectivity index (χ0v) is 12.9. The molecule has 2 atom stereocenters. The van der Waals surface area contributed by atoms with Gasteiger partial charge in [0.25, 0.3) is 0 Å². The molecule has 1 aromatic rings. The highest BCUT2D eigenvalue weighted by atomic mass is 35.5. The predicted octanol–water partition coefficient (Wildman–Crippen LogP) is 3.39. The van der Waals surface area contributed by atoms with Gasteiger partial charge in [0.15, 0.2) is 0 Å². The number of ether oxygens (including phenoxy) is 3. The minimum absolute atomic E-state index is 0.103. The van der Waals surface area contributed by atoms with E-state index >= 15 is 0 Å². The van der Waals surface area contributed by atoms with Crippen molar-refractivity contribution in [2.24, 2.45) is 0 Å². The van der Waals surface area contributed by atoms with Crippen LogP contribution in [0.5, 0.6) is 0 Å². The third-order valence-electron chi connectivity index (χ3n) is 3.11. The molecule has 1 heterocycles. The van der Waals surface area contributed by atoms with Crippen molar-refractivity contribution in [1.29, 1.82) is 0 Å². The molecule has 0 saturated carbocycles. The number of carbonyl (C=O) groups is 1. The summed E-state index contributed by atoms with van der Waals surface area (Å²) in [7, 11) is 0. The van der Waals surface area contributed by atoms with Gasteiger partial charge >= 0.3 is 5.97 Å². The normalized spacial score (nSPS) is 18.7. The fraction of sp³-hybridized carbons (Fsp3) is 0.438. The second kappa shape index (κ2) is 7.59. The molecule has 1 unspecified atom stereocenters. The van der Waals surface area contributed by atoms with Gasteiger partial charge in [-0.2, -0.15) is 0 Å². The van der Waals surface area contributed by atoms with E-state index in [1.165, 1.54) is 6.08 Å². The number of hydrogen-bond acceptors (Lipinski definition) is 4. The summed E-state index contributed by atoms with van der Waals surface area (Å²) in [5.74, 6) is -0.372. The van der Waals surface area contributed by atoms with Crippen LogP contribution in [0, 0.1) is 0 Å². The van der Waals surface area contributed by atoms with Crippen molar-refractivity contribution in [3.8, 4) is 0 Å². The van der Waals surface area contributed by atoms with E-state index in [4.69, 9.17) is 25.8 Å². The molecule has 1 saturated heterocycles. The first-order chi connectivity index (χ1) is 10.1. The van der Waals surface area contributed by atoms with Crippen LogP contribution in [0.25, 0.3) is 6.08 Å². The van der Waals surface area contributed by atoms with E-state index in [0.717, 1.165) is 17.7 Å². The summed E-state index contributed by atoms with van der Waals surface area (Å²) in [5, 5.41) is 0.611. The molecule has 0 aromatic heterocycles. The fourth-order valence-corrected chi connectivity index (χ4v) is 2.09. The van der Waals surface area contributed by atoms with Crippen LogP contribution in [0.2, 0.25) is 5.02 Å². The number of epoxide rings is 1. The molecule has 1 fully saturated rings. The summed E-state index contributed by atoms with van der Waals surface area (Å²) in [5.41, 5.74) is 1.82. The topological polar surface area (TPSA) is 48.1 Å². The molecule has 0 bridgehead atoms. The Morgan fingerprint density at radius 2 is 2.33 bits per heavy atom. The van der Waals surface area contributed by atoms with E-state index in [-0.39, 0.29) is 18.2 Å². The van der Waals surface area contributed by atoms with E-state index < -0.39 is 0 Å². The molecule has 0 spiro atoms. The molecule has 0 N–H and O–H groups in total. The van der Waals surface area contributed by atoms with Crippen LogP contribution in [-0.4, -0.2) is 31.9 Å². The molecule has 1 aliphatic heterocycles. The van der Waals surface area contributed by atoms with Gasteiger partial charge in [0.2, 0.25) is 0 Å². The van der Waals surface area contributed by atoms with Gasteiger partial charge in [0.1, 0.15) is 6.10 Å². The Kier molecular flexibility index (Phi) is 5.79. The van der Waals surface area contributed by atoms with E-state index in [2.05, 4.69) is 0 Å². The molecule has 0 amide bonds. The Morgan fingerprint density at radius 3 is 3.00 bits per heavy atom. The average molecular weight is 311 g/mol. The largest absolute Gasteiger partial charge is 0.463 e. The quantitative estimate of drug-likeness (QED) is 0.440. The van der Waals surface area contributed by atoms with Gasteiger partial charge in [-0.25, -0.2) is 4.79 Å². The maximum absolute atomic E-state index is 11.4. The van der Waals surface area contributed by atoms with Gasteiger partial charge in [0.05, 0.1) is 25.9 Å². The highest BCUT2D eigenvalue weighted by molar-refractivity contribution is 6.30. The van der Waals surface area contributed by atoms with Crippen molar-refractivity contribution in [2.45, 2.75) is 26.1 Å². The summed E-state index contributed by atoms with van der Waals surface area (Å²) in [6.07, 6.45) is 3.22. The lowest BCUT2D eigenvalue weighted by atomic mass is 10.0. The maximum atomic E-state index is 11.4. The number of hydrogen-bond donors (Lipinski definition) is 0. The molecule has 4 nitrogen and oxygen atoms in total. The predicted molar refractivity (Wildman–Crippen MR) is 81.2 cm³/mol. The minimum atomic E-state index is -0.372. The van der Waals surface area contributed by atoms with Crippen molar-refractivity contribution in [3.05, 3.63) is 40.4 Å². The lowest BCUT2D eigenvalue weighted by Crippen LogP contribution is -2.07. The Bertz CT molecular complexity index is 523. The Labute approximate surface area is 129 Å². The SMILES string of the molecule is CCOC(=O)/C=C/c1cc(Cl)ccc1[C@@H](C)OCC1CO1. The Hall–Kier alpha value is -1.36. The first-order valence-electron chi connectivity index (χ1n) is 6.97. The summed E-state index contributed by atoms with van der Waals surface area (Å²) < 4.78 is 15.8. The van der Waals surface area contributed by atoms with E-state index in [0.29, 0.717) is 18.2 Å². The molecule has 2 rings (SSSR count). The van der Waals surface area contributed by atoms with Gasteiger partial charge in [-0.3, -0.25) is 0 Å². The van der Waals surface area contributed by atoms with Crippen molar-refractivity contribution in [2.75, 3.05) is 19.8 Å². The monoisotopic (exact) mass is 310 g/mol. The van der Waals surface area contributed by atoms with Crippen LogP contribution in [0.1, 0.15) is 31.1 Å². The van der Waals surface area contributed by atoms with Gasteiger partial charge in [-0.15, -0.1) is 0 Å². The number of esters is 1. The number of halogens is 1. The molecule has 114 valence electrons. The zero-order valence-electron chi connectivity index (χ0n) is 12.2. The first-order valence-corrected chi connectivity index (χ1v) is 7.35. The molecular formula is C16H19ClO4. The second-order valence-electron chi connectivity index (χ2n) is 4.79. The van der Waals surface area contributed by atoms with Crippen molar-refractivity contribution < 1.29 is 19.0 Å². The van der Waals surface area contributed by atoms with E-state index in [1.807, 2.05) is 19.1 Å². The second-order valence-corrected chi connectivity index (χ2v) is 5.23. The number of benzene rings is 1. The van der Waals surface area contributed by atoms with Crippen LogP contribution in [0.15, 0.2) is 24.3 Å². The van der Waals surface area contributed by atoms with Crippen LogP contribution in [0.3, 0.4) is 0 Å². The highest BCUT2D eigenvalue weighted by Gasteiger charge is 2.24. The van der Waals surface area contributed by atoms with Crippen LogP contribution < -0.4 is 0 Å². The molecule has 0 radical (unpaired) electrons. The third kappa shape index (κ3) is 5.16. The maximum Gasteiger partial charge on any atom is 0.330 e. The first kappa shape index (κ1) is 16.0. The zero-order chi connectivity index (χ0) is 15.2. The van der Waals surface area contributed by atoms with E-state index in [9.17, 15) is 4.79 Å². The molecule has 0 aliphatic carbocycles. The lowest BCUT2D eigenvalue weighted by Gasteiger charge is -2.15. The third-order valence-corrected chi connectivity index (χ3v) is 3.34. The molecule has 21 heavy (non-hydrogen) atoms. The smallest absolute Gasteiger partial charge is 0.330 e. The van der Waals surface area contributed by atoms with Gasteiger partial charge < -0.3 is 14.2 Å². The van der Waals surface area contributed by atoms with Crippen molar-refractivity contribution >= 4 is 23.6 Å². The van der Waals surface area contributed by atoms with Crippen LogP contribution in [0.4, 0.5) is 0 Å². The summed E-state index contributed by atoms with van der Waals surface area (Å²) >= 11 is 6.02. The standard InChI is InChI=1S/C16H19ClO4/c1-3-19-16(18)7-4-12-8-13(17)5-6-15(12)11(2)20-9-14-10-21-14/h4-8,11,14H,3,9-10H2,1-2H3/b7-4+/t11-,14?/m1/s1. The fourth-order valence-electron chi connectivity index (χ4n) is 1.91. The minimum Gasteiger partial charge on any atom is -0.463 e. The number of rotatable bonds is 7. The molecule has 1 aliphatic rings. The summed E-state index contributed by atoms with van der Waals surface area (Å²) in [6.45, 7) is 5.43. The highest BCUT2D eigenvalue weighted by Crippen LogP contribution is 2.26. The molecule has 1 aromatic carbocycles. The van der Waals surface area contributed by atoms with Crippen molar-refractivity contribution in [3.63, 3.8) is 0 Å². The lowest BCUT2D eigenvalue weighted by molar-refractivity contribution is -0.137. The number of carbonyl (C=O) groups excluding carboxylic acids is 1. The van der Waals surface area contributed by atoms with Crippen LogP contribution >= 0.6 is 11.6 Å². The summed E-state index contributed by atoms with van der Waals surface area (Å²) in [6, 6.07) is 5.53. The van der Waals surface area contributed by atoms with Crippen LogP contribution in [-0.2, 0) is 19.0 Å². The summed E-state index contributed by atoms with van der Waals surface area (Å²) in [4.78, 5) is 11.4. The Morgan fingerprint density at radius 1 is 1.57 bits per heavy atom. The van der Waals surface area contributed by atoms with Gasteiger partial charge in [-0.1, -0.05) is 17.7 Å². The van der Waals surface area contributed by atoms with Gasteiger partial charge in [-0.05, 0) is 43.2 Å². The average Bonchev–Trinajstić information content (AvgIpc) is 3.27.